The number of pyridine rings is 1. The van der Waals surface area contributed by atoms with E-state index in [1.165, 1.54) is 6.20 Å². The molecule has 1 N–H and O–H groups in total. The van der Waals surface area contributed by atoms with Crippen LogP contribution >= 0.6 is 0 Å². The number of hydrogen-bond acceptors (Lipinski definition) is 5. The van der Waals surface area contributed by atoms with Crippen LogP contribution in [-0.4, -0.2) is 22.9 Å². The van der Waals surface area contributed by atoms with Crippen LogP contribution in [0.3, 0.4) is 0 Å². The minimum atomic E-state index is -1.06. The van der Waals surface area contributed by atoms with Crippen molar-refractivity contribution in [1.82, 2.24) is 4.98 Å². The van der Waals surface area contributed by atoms with Gasteiger partial charge in [0.15, 0.2) is 5.58 Å². The van der Waals surface area contributed by atoms with Gasteiger partial charge in [0.1, 0.15) is 11.8 Å². The first-order valence-electron chi connectivity index (χ1n) is 4.16. The number of aromatic carboxylic acids is 1. The van der Waals surface area contributed by atoms with Gasteiger partial charge in [0.25, 0.3) is 5.88 Å². The van der Waals surface area contributed by atoms with Crippen molar-refractivity contribution in [3.8, 4) is 11.6 Å². The summed E-state index contributed by atoms with van der Waals surface area (Å²) in [6.45, 7) is 0.0740. The van der Waals surface area contributed by atoms with E-state index < -0.39 is 5.97 Å². The van der Waals surface area contributed by atoms with E-state index in [1.807, 2.05) is 0 Å². The van der Waals surface area contributed by atoms with Gasteiger partial charge in [-0.05, 0) is 0 Å². The van der Waals surface area contributed by atoms with Gasteiger partial charge in [0.2, 0.25) is 12.5 Å². The Hall–Kier alpha value is -2.24. The molecule has 0 saturated heterocycles. The maximum Gasteiger partial charge on any atom is 0.339 e. The zero-order chi connectivity index (χ0) is 10.4. The van der Waals surface area contributed by atoms with E-state index in [0.717, 1.165) is 6.26 Å². The second kappa shape index (κ2) is 2.63. The fourth-order valence-electron chi connectivity index (χ4n) is 1.49. The van der Waals surface area contributed by atoms with Crippen LogP contribution in [0.1, 0.15) is 10.4 Å². The average molecular weight is 207 g/mol. The molecule has 6 nitrogen and oxygen atoms in total. The van der Waals surface area contributed by atoms with Crippen molar-refractivity contribution in [1.29, 1.82) is 0 Å². The van der Waals surface area contributed by atoms with Gasteiger partial charge < -0.3 is 19.0 Å². The van der Waals surface area contributed by atoms with Crippen molar-refractivity contribution in [3.05, 3.63) is 18.0 Å². The summed E-state index contributed by atoms with van der Waals surface area (Å²) in [5.74, 6) is -0.372. The number of ether oxygens (including phenoxy) is 2. The molecule has 76 valence electrons. The molecule has 0 fully saturated rings. The largest absolute Gasteiger partial charge is 0.478 e. The van der Waals surface area contributed by atoms with Crippen LogP contribution in [0, 0.1) is 0 Å². The van der Waals surface area contributed by atoms with Crippen LogP contribution in [0.5, 0.6) is 11.6 Å². The Balaban J connectivity index is 2.35. The molecule has 0 unspecified atom stereocenters. The molecule has 0 amide bonds. The third kappa shape index (κ3) is 0.983. The first-order valence-corrected chi connectivity index (χ1v) is 4.16. The molecule has 1 aliphatic heterocycles. The molecule has 3 rings (SSSR count). The fourth-order valence-corrected chi connectivity index (χ4v) is 1.49. The molecule has 0 saturated carbocycles. The van der Waals surface area contributed by atoms with Gasteiger partial charge in [-0.2, -0.15) is 0 Å². The monoisotopic (exact) mass is 207 g/mol. The summed E-state index contributed by atoms with van der Waals surface area (Å²) in [7, 11) is 0. The number of carboxylic acid groups (broad SMARTS) is 1. The van der Waals surface area contributed by atoms with E-state index in [4.69, 9.17) is 19.0 Å². The summed E-state index contributed by atoms with van der Waals surface area (Å²) in [5.41, 5.74) is 0.422. The van der Waals surface area contributed by atoms with E-state index in [2.05, 4.69) is 4.98 Å². The van der Waals surface area contributed by atoms with Gasteiger partial charge in [-0.15, -0.1) is 0 Å². The average Bonchev–Trinajstić information content (AvgIpc) is 2.82. The van der Waals surface area contributed by atoms with E-state index in [9.17, 15) is 4.79 Å². The Morgan fingerprint density at radius 2 is 2.33 bits per heavy atom. The summed E-state index contributed by atoms with van der Waals surface area (Å²) in [6, 6.07) is 0. The molecule has 6 heteroatoms. The van der Waals surface area contributed by atoms with Crippen LogP contribution < -0.4 is 9.47 Å². The van der Waals surface area contributed by atoms with Crippen LogP contribution in [0.4, 0.5) is 0 Å². The molecule has 15 heavy (non-hydrogen) atoms. The predicted octanol–water partition coefficient (Wildman–Crippen LogP) is 1.25. The van der Waals surface area contributed by atoms with Crippen molar-refractivity contribution in [2.75, 3.05) is 6.79 Å². The summed E-state index contributed by atoms with van der Waals surface area (Å²) in [5, 5.41) is 9.27. The first-order chi connectivity index (χ1) is 7.27. The third-order valence-electron chi connectivity index (χ3n) is 2.17. The standard InChI is InChI=1S/C9H5NO5/c11-9(12)5-2-13-6-4(5)1-10-8-7(6)14-3-15-8/h1-2H,3H2,(H,11,12). The summed E-state index contributed by atoms with van der Waals surface area (Å²) < 4.78 is 15.3. The highest BCUT2D eigenvalue weighted by Gasteiger charge is 2.24. The molecule has 0 aromatic carbocycles. The van der Waals surface area contributed by atoms with Crippen LogP contribution in [0.15, 0.2) is 16.9 Å². The lowest BCUT2D eigenvalue weighted by atomic mass is 10.2. The van der Waals surface area contributed by atoms with Gasteiger partial charge in [0.05, 0.1) is 5.39 Å². The molecule has 0 aliphatic carbocycles. The Kier molecular flexibility index (Phi) is 1.42. The quantitative estimate of drug-likeness (QED) is 0.757. The van der Waals surface area contributed by atoms with E-state index in [-0.39, 0.29) is 12.4 Å². The number of nitrogens with zero attached hydrogens (tertiary/aromatic N) is 1. The van der Waals surface area contributed by atoms with E-state index in [0.29, 0.717) is 22.6 Å². The number of rotatable bonds is 1. The number of carbonyl (C=O) groups is 1. The third-order valence-corrected chi connectivity index (χ3v) is 2.17. The molecule has 0 radical (unpaired) electrons. The van der Waals surface area contributed by atoms with Crippen LogP contribution in [-0.2, 0) is 0 Å². The van der Waals surface area contributed by atoms with Crippen LogP contribution in [0.25, 0.3) is 11.0 Å². The van der Waals surface area contributed by atoms with Gasteiger partial charge in [-0.25, -0.2) is 9.78 Å². The van der Waals surface area contributed by atoms with E-state index in [1.54, 1.807) is 0 Å². The molecule has 0 spiro atoms. The lowest BCUT2D eigenvalue weighted by Gasteiger charge is -1.94. The van der Waals surface area contributed by atoms with Gasteiger partial charge in [-0.1, -0.05) is 0 Å². The molecule has 2 aromatic heterocycles. The predicted molar refractivity (Wildman–Crippen MR) is 47.1 cm³/mol. The van der Waals surface area contributed by atoms with Gasteiger partial charge in [-0.3, -0.25) is 0 Å². The summed E-state index contributed by atoms with van der Waals surface area (Å²) >= 11 is 0. The number of furan rings is 1. The highest BCUT2D eigenvalue weighted by molar-refractivity contribution is 6.03. The van der Waals surface area contributed by atoms with Crippen molar-refractivity contribution in [2.24, 2.45) is 0 Å². The normalized spacial score (nSPS) is 13.3. The summed E-state index contributed by atoms with van der Waals surface area (Å²) in [6.07, 6.45) is 2.56. The molecule has 2 aromatic rings. The fraction of sp³-hybridized carbons (Fsp3) is 0.111. The van der Waals surface area contributed by atoms with Crippen molar-refractivity contribution in [2.45, 2.75) is 0 Å². The molecule has 3 heterocycles. The number of fused-ring (bicyclic) bond motifs is 3. The van der Waals surface area contributed by atoms with Crippen molar-refractivity contribution >= 4 is 16.9 Å². The Morgan fingerprint density at radius 3 is 3.13 bits per heavy atom. The van der Waals surface area contributed by atoms with Gasteiger partial charge >= 0.3 is 5.97 Å². The Morgan fingerprint density at radius 1 is 1.47 bits per heavy atom. The SMILES string of the molecule is O=C(O)c1coc2c3c(ncc12)OCO3. The smallest absolute Gasteiger partial charge is 0.339 e. The topological polar surface area (TPSA) is 81.8 Å². The number of hydrogen-bond donors (Lipinski definition) is 1. The van der Waals surface area contributed by atoms with Crippen LogP contribution in [0.2, 0.25) is 0 Å². The minimum Gasteiger partial charge on any atom is -0.478 e. The zero-order valence-corrected chi connectivity index (χ0v) is 7.39. The summed E-state index contributed by atoms with van der Waals surface area (Å²) in [4.78, 5) is 14.7. The highest BCUT2D eigenvalue weighted by atomic mass is 16.7. The lowest BCUT2D eigenvalue weighted by Crippen LogP contribution is -1.93. The highest BCUT2D eigenvalue weighted by Crippen LogP contribution is 2.38. The van der Waals surface area contributed by atoms with E-state index >= 15 is 0 Å². The zero-order valence-electron chi connectivity index (χ0n) is 7.39. The second-order valence-corrected chi connectivity index (χ2v) is 3.00. The second-order valence-electron chi connectivity index (χ2n) is 3.00. The van der Waals surface area contributed by atoms with Crippen molar-refractivity contribution < 1.29 is 23.8 Å². The minimum absolute atomic E-state index is 0.0656. The number of carboxylic acids is 1. The molecule has 1 aliphatic rings. The lowest BCUT2D eigenvalue weighted by molar-refractivity contribution is 0.0698. The molecular formula is C9H5NO5. The maximum atomic E-state index is 10.8. The number of aromatic nitrogens is 1. The van der Waals surface area contributed by atoms with Crippen molar-refractivity contribution in [3.63, 3.8) is 0 Å². The molecule has 0 atom stereocenters. The Labute approximate surface area is 83.0 Å². The maximum absolute atomic E-state index is 10.8. The first kappa shape index (κ1) is 8.10. The Bertz CT molecular complexity index is 559. The van der Waals surface area contributed by atoms with Gasteiger partial charge in [0, 0.05) is 6.20 Å². The molecule has 0 bridgehead atoms. The molecular weight excluding hydrogens is 202 g/mol.